The number of phenolic OH excluding ortho intramolecular Hbond substituents is 1. The number of thioether (sulfide) groups is 1. The summed E-state index contributed by atoms with van der Waals surface area (Å²) in [6.45, 7) is 0.585. The van der Waals surface area contributed by atoms with E-state index in [9.17, 15) is 29.4 Å². The van der Waals surface area contributed by atoms with Crippen molar-refractivity contribution in [2.24, 2.45) is 27.9 Å². The lowest BCUT2D eigenvalue weighted by Crippen LogP contribution is -2.57. The Morgan fingerprint density at radius 1 is 0.878 bits per heavy atom. The van der Waals surface area contributed by atoms with Crippen LogP contribution in [0.3, 0.4) is 0 Å². The van der Waals surface area contributed by atoms with Crippen molar-refractivity contribution in [3.8, 4) is 5.75 Å². The third kappa shape index (κ3) is 14.6. The summed E-state index contributed by atoms with van der Waals surface area (Å²) in [5.41, 5.74) is 22.9. The van der Waals surface area contributed by atoms with Gasteiger partial charge in [-0.1, -0.05) is 12.1 Å². The molecule has 1 aromatic carbocycles. The average molecular weight is 597 g/mol. The molecule has 0 bridgehead atoms. The third-order valence-corrected chi connectivity index (χ3v) is 6.76. The van der Waals surface area contributed by atoms with Crippen LogP contribution in [0, 0.1) is 0 Å². The van der Waals surface area contributed by atoms with Gasteiger partial charge in [0.25, 0.3) is 0 Å². The van der Waals surface area contributed by atoms with Crippen molar-refractivity contribution in [1.82, 2.24) is 16.0 Å². The second kappa shape index (κ2) is 19.5. The van der Waals surface area contributed by atoms with Gasteiger partial charge in [0.1, 0.15) is 23.9 Å². The molecule has 15 heteroatoms. The Morgan fingerprint density at radius 3 is 1.98 bits per heavy atom. The Kier molecular flexibility index (Phi) is 16.9. The number of aliphatic carboxylic acids is 1. The summed E-state index contributed by atoms with van der Waals surface area (Å²) in [6.07, 6.45) is 4.10. The normalized spacial score (nSPS) is 13.7. The zero-order chi connectivity index (χ0) is 30.8. The number of nitrogens with two attached hydrogens (primary N) is 4. The minimum atomic E-state index is -1.31. The van der Waals surface area contributed by atoms with Gasteiger partial charge in [-0.2, -0.15) is 11.8 Å². The van der Waals surface area contributed by atoms with Gasteiger partial charge in [0, 0.05) is 13.0 Å². The van der Waals surface area contributed by atoms with E-state index >= 15 is 0 Å². The van der Waals surface area contributed by atoms with Crippen LogP contribution in [0.4, 0.5) is 0 Å². The van der Waals surface area contributed by atoms with Crippen LogP contribution in [-0.4, -0.2) is 89.1 Å². The number of aliphatic imine (C=N–C) groups is 1. The van der Waals surface area contributed by atoms with Gasteiger partial charge in [-0.05, 0) is 74.8 Å². The van der Waals surface area contributed by atoms with Gasteiger partial charge in [0.2, 0.25) is 17.7 Å². The monoisotopic (exact) mass is 596 g/mol. The summed E-state index contributed by atoms with van der Waals surface area (Å²) in [5, 5.41) is 27.0. The van der Waals surface area contributed by atoms with E-state index in [2.05, 4.69) is 20.9 Å². The molecule has 230 valence electrons. The summed E-state index contributed by atoms with van der Waals surface area (Å²) in [6, 6.07) is 1.69. The Labute approximate surface area is 244 Å². The van der Waals surface area contributed by atoms with Crippen molar-refractivity contribution in [2.75, 3.05) is 25.1 Å². The fourth-order valence-corrected chi connectivity index (χ4v) is 4.29. The smallest absolute Gasteiger partial charge is 0.326 e. The topological polar surface area (TPSA) is 261 Å². The number of carbonyl (C=O) groups is 4. The standard InChI is InChI=1S/C26H44N8O6S/c1-41-14-11-18(28)22(36)32-19(5-2-3-12-27)23(37)33-20(6-4-13-31-26(29)30)24(38)34-21(25(39)40)15-16-7-9-17(35)10-8-16/h7-10,18-21,35H,2-6,11-15,27-28H2,1H3,(H,32,36)(H,33,37)(H,34,38)(H,39,40)(H4,29,30,31). The first-order chi connectivity index (χ1) is 19.5. The number of carboxylic acids is 1. The number of carbonyl (C=O) groups excluding carboxylic acids is 3. The highest BCUT2D eigenvalue weighted by Crippen LogP contribution is 2.12. The molecular formula is C26H44N8O6S. The molecule has 1 aromatic rings. The summed E-state index contributed by atoms with van der Waals surface area (Å²) < 4.78 is 0. The number of nitrogens with one attached hydrogen (secondary N) is 3. The van der Waals surface area contributed by atoms with Crippen LogP contribution in [0.15, 0.2) is 29.3 Å². The van der Waals surface area contributed by atoms with E-state index in [1.54, 1.807) is 23.9 Å². The first-order valence-electron chi connectivity index (χ1n) is 13.4. The molecular weight excluding hydrogens is 552 g/mol. The van der Waals surface area contributed by atoms with E-state index in [1.165, 1.54) is 12.1 Å². The van der Waals surface area contributed by atoms with E-state index < -0.39 is 47.9 Å². The Balaban J connectivity index is 3.07. The van der Waals surface area contributed by atoms with Gasteiger partial charge in [0.05, 0.1) is 6.04 Å². The molecule has 0 aliphatic rings. The van der Waals surface area contributed by atoms with Gasteiger partial charge >= 0.3 is 5.97 Å². The molecule has 41 heavy (non-hydrogen) atoms. The fraction of sp³-hybridized carbons (Fsp3) is 0.577. The van der Waals surface area contributed by atoms with Gasteiger partial charge in [-0.25, -0.2) is 4.79 Å². The number of carboxylic acid groups (broad SMARTS) is 1. The SMILES string of the molecule is CSCCC(N)C(=O)NC(CCCCN)C(=O)NC(CCCN=C(N)N)C(=O)NC(Cc1ccc(O)cc1)C(=O)O. The molecule has 0 spiro atoms. The summed E-state index contributed by atoms with van der Waals surface area (Å²) >= 11 is 1.54. The number of nitrogens with zero attached hydrogens (tertiary/aromatic N) is 1. The number of guanidine groups is 1. The predicted molar refractivity (Wildman–Crippen MR) is 159 cm³/mol. The minimum absolute atomic E-state index is 0.0199. The van der Waals surface area contributed by atoms with E-state index in [0.29, 0.717) is 43.5 Å². The number of unbranched alkanes of at least 4 members (excludes halogenated alkanes) is 1. The third-order valence-electron chi connectivity index (χ3n) is 6.12. The van der Waals surface area contributed by atoms with Gasteiger partial charge < -0.3 is 49.1 Å². The Morgan fingerprint density at radius 2 is 1.44 bits per heavy atom. The van der Waals surface area contributed by atoms with Crippen LogP contribution in [0.2, 0.25) is 0 Å². The zero-order valence-corrected chi connectivity index (χ0v) is 24.2. The summed E-state index contributed by atoms with van der Waals surface area (Å²) in [5.74, 6) is -2.53. The molecule has 0 saturated carbocycles. The molecule has 4 atom stereocenters. The number of amides is 3. The second-order valence-electron chi connectivity index (χ2n) is 9.51. The highest BCUT2D eigenvalue weighted by molar-refractivity contribution is 7.98. The molecule has 0 aliphatic heterocycles. The molecule has 0 aromatic heterocycles. The first-order valence-corrected chi connectivity index (χ1v) is 14.8. The van der Waals surface area contributed by atoms with Crippen LogP contribution >= 0.6 is 11.8 Å². The van der Waals surface area contributed by atoms with Crippen LogP contribution in [0.5, 0.6) is 5.75 Å². The second-order valence-corrected chi connectivity index (χ2v) is 10.5. The highest BCUT2D eigenvalue weighted by Gasteiger charge is 2.30. The number of benzene rings is 1. The summed E-state index contributed by atoms with van der Waals surface area (Å²) in [7, 11) is 0. The fourth-order valence-electron chi connectivity index (χ4n) is 3.80. The first kappa shape index (κ1) is 35.5. The molecule has 0 heterocycles. The molecule has 14 nitrogen and oxygen atoms in total. The average Bonchev–Trinajstić information content (AvgIpc) is 2.93. The van der Waals surface area contributed by atoms with Gasteiger partial charge in [-0.15, -0.1) is 0 Å². The van der Waals surface area contributed by atoms with E-state index in [-0.39, 0.29) is 37.5 Å². The van der Waals surface area contributed by atoms with Crippen molar-refractivity contribution < 1.29 is 29.4 Å². The maximum atomic E-state index is 13.3. The highest BCUT2D eigenvalue weighted by atomic mass is 32.2. The van der Waals surface area contributed by atoms with Gasteiger partial charge in [0.15, 0.2) is 5.96 Å². The number of hydrogen-bond acceptors (Lipinski definition) is 9. The Bertz CT molecular complexity index is 1010. The molecule has 0 aliphatic carbocycles. The lowest BCUT2D eigenvalue weighted by Gasteiger charge is -2.25. The van der Waals surface area contributed by atoms with Gasteiger partial charge in [-0.3, -0.25) is 19.4 Å². The lowest BCUT2D eigenvalue weighted by molar-refractivity contribution is -0.142. The lowest BCUT2D eigenvalue weighted by atomic mass is 10.0. The molecule has 3 amide bonds. The van der Waals surface area contributed by atoms with Crippen LogP contribution in [-0.2, 0) is 25.6 Å². The van der Waals surface area contributed by atoms with Crippen LogP contribution < -0.4 is 38.9 Å². The van der Waals surface area contributed by atoms with Crippen molar-refractivity contribution in [2.45, 2.75) is 69.1 Å². The molecule has 4 unspecified atom stereocenters. The molecule has 0 fully saturated rings. The largest absolute Gasteiger partial charge is 0.508 e. The number of rotatable bonds is 20. The van der Waals surface area contributed by atoms with Crippen molar-refractivity contribution in [3.05, 3.63) is 29.8 Å². The summed E-state index contributed by atoms with van der Waals surface area (Å²) in [4.78, 5) is 55.1. The minimum Gasteiger partial charge on any atom is -0.508 e. The molecule has 0 radical (unpaired) electrons. The van der Waals surface area contributed by atoms with Crippen LogP contribution in [0.25, 0.3) is 0 Å². The quantitative estimate of drug-likeness (QED) is 0.0487. The molecule has 13 N–H and O–H groups in total. The van der Waals surface area contributed by atoms with E-state index in [4.69, 9.17) is 22.9 Å². The number of aromatic hydroxyl groups is 1. The zero-order valence-electron chi connectivity index (χ0n) is 23.4. The maximum Gasteiger partial charge on any atom is 0.326 e. The van der Waals surface area contributed by atoms with E-state index in [0.717, 1.165) is 0 Å². The molecule has 0 saturated heterocycles. The Hall–Kier alpha value is -3.56. The predicted octanol–water partition coefficient (Wildman–Crippen LogP) is -1.26. The molecule has 1 rings (SSSR count). The van der Waals surface area contributed by atoms with Crippen molar-refractivity contribution in [3.63, 3.8) is 0 Å². The van der Waals surface area contributed by atoms with E-state index in [1.807, 2.05) is 6.26 Å². The maximum absolute atomic E-state index is 13.3. The van der Waals surface area contributed by atoms with Crippen molar-refractivity contribution in [1.29, 1.82) is 0 Å². The number of hydrogen-bond donors (Lipinski definition) is 9. The van der Waals surface area contributed by atoms with Crippen molar-refractivity contribution >= 4 is 41.4 Å². The number of phenols is 1. The van der Waals surface area contributed by atoms with Crippen LogP contribution in [0.1, 0.15) is 44.1 Å².